The van der Waals surface area contributed by atoms with E-state index in [1.165, 1.54) is 15.6 Å². The zero-order chi connectivity index (χ0) is 23.8. The maximum absolute atomic E-state index is 13.5. The van der Waals surface area contributed by atoms with Crippen LogP contribution in [0.4, 0.5) is 0 Å². The van der Waals surface area contributed by atoms with Crippen LogP contribution >= 0.6 is 0 Å². The highest BCUT2D eigenvalue weighted by molar-refractivity contribution is 6.01. The minimum absolute atomic E-state index is 0.0485. The van der Waals surface area contributed by atoms with Crippen LogP contribution in [0.5, 0.6) is 0 Å². The van der Waals surface area contributed by atoms with E-state index < -0.39 is 17.4 Å². The van der Waals surface area contributed by atoms with Crippen molar-refractivity contribution < 1.29 is 19.5 Å². The molecule has 0 saturated heterocycles. The minimum Gasteiger partial charge on any atom is -0.476 e. The Kier molecular flexibility index (Phi) is 5.76. The minimum atomic E-state index is -1.27. The van der Waals surface area contributed by atoms with E-state index in [1.807, 2.05) is 62.4 Å². The van der Waals surface area contributed by atoms with Crippen LogP contribution in [-0.2, 0) is 24.4 Å². The second-order valence-corrected chi connectivity index (χ2v) is 8.57. The van der Waals surface area contributed by atoms with Gasteiger partial charge >= 0.3 is 5.97 Å². The summed E-state index contributed by atoms with van der Waals surface area (Å²) in [7, 11) is 0. The van der Waals surface area contributed by atoms with E-state index in [-0.39, 0.29) is 30.4 Å². The van der Waals surface area contributed by atoms with Gasteiger partial charge in [0, 0.05) is 19.2 Å². The molecule has 0 radical (unpaired) electrons. The second kappa shape index (κ2) is 8.54. The number of aryl methyl sites for hydroxylation is 1. The lowest BCUT2D eigenvalue weighted by Crippen LogP contribution is -2.63. The first kappa shape index (κ1) is 22.3. The molecule has 3 aromatic rings. The number of carboxylic acids is 1. The van der Waals surface area contributed by atoms with Crippen molar-refractivity contribution in [3.05, 3.63) is 88.2 Å². The van der Waals surface area contributed by atoms with Crippen LogP contribution in [-0.4, -0.2) is 43.1 Å². The van der Waals surface area contributed by atoms with Crippen molar-refractivity contribution in [2.45, 2.75) is 45.9 Å². The fourth-order valence-electron chi connectivity index (χ4n) is 4.12. The number of aromatic carboxylic acids is 1. The number of aromatic nitrogens is 2. The lowest BCUT2D eigenvalue weighted by Gasteiger charge is -2.43. The summed E-state index contributed by atoms with van der Waals surface area (Å²) in [4.78, 5) is 40.0. The number of nitrogens with zero attached hydrogens (tertiary/aromatic N) is 3. The van der Waals surface area contributed by atoms with Gasteiger partial charge in [0.15, 0.2) is 5.69 Å². The van der Waals surface area contributed by atoms with Gasteiger partial charge in [-0.05, 0) is 43.0 Å². The second-order valence-electron chi connectivity index (χ2n) is 8.57. The fraction of sp³-hybridized carbons (Fsp3) is 0.280. The molecule has 2 heterocycles. The van der Waals surface area contributed by atoms with Crippen LogP contribution in [0, 0.1) is 13.8 Å². The van der Waals surface area contributed by atoms with Gasteiger partial charge in [-0.2, -0.15) is 5.10 Å². The molecule has 0 fully saturated rings. The summed E-state index contributed by atoms with van der Waals surface area (Å²) in [6.45, 7) is 6.26. The molecule has 0 saturated carbocycles. The summed E-state index contributed by atoms with van der Waals surface area (Å²) in [5.74, 6) is -1.98. The molecule has 1 aliphatic heterocycles. The SMILES string of the molecule is Cc1cccc(CN2C(=O)c3cc(C(=O)O)nn3CC2(C)C(=O)NCc2ccccc2)c1C. The Morgan fingerprint density at radius 2 is 1.85 bits per heavy atom. The molecule has 2 aromatic carbocycles. The summed E-state index contributed by atoms with van der Waals surface area (Å²) in [6.07, 6.45) is 0. The van der Waals surface area contributed by atoms with E-state index in [2.05, 4.69) is 10.4 Å². The standard InChI is InChI=1S/C25H26N4O4/c1-16-8-7-11-19(17(16)2)14-28-22(30)21-12-20(23(31)32)27-29(21)15-25(28,3)24(33)26-13-18-9-5-4-6-10-18/h4-12H,13-15H2,1-3H3,(H,26,33)(H,31,32). The number of fused-ring (bicyclic) bond motifs is 1. The summed E-state index contributed by atoms with van der Waals surface area (Å²) < 4.78 is 1.33. The van der Waals surface area contributed by atoms with E-state index in [4.69, 9.17) is 0 Å². The molecule has 2 N–H and O–H groups in total. The average molecular weight is 447 g/mol. The molecule has 0 bridgehead atoms. The molecule has 1 aliphatic rings. The first-order valence-corrected chi connectivity index (χ1v) is 10.7. The number of hydrogen-bond donors (Lipinski definition) is 2. The highest BCUT2D eigenvalue weighted by atomic mass is 16.4. The quantitative estimate of drug-likeness (QED) is 0.606. The van der Waals surface area contributed by atoms with Crippen molar-refractivity contribution in [2.24, 2.45) is 0 Å². The van der Waals surface area contributed by atoms with Crippen LogP contribution in [0.3, 0.4) is 0 Å². The highest BCUT2D eigenvalue weighted by Gasteiger charge is 2.48. The van der Waals surface area contributed by atoms with E-state index in [9.17, 15) is 19.5 Å². The summed E-state index contributed by atoms with van der Waals surface area (Å²) in [5.41, 5.74) is 2.66. The number of carbonyl (C=O) groups excluding carboxylic acids is 2. The molecule has 1 aromatic heterocycles. The monoisotopic (exact) mass is 446 g/mol. The van der Waals surface area contributed by atoms with Gasteiger partial charge in [0.25, 0.3) is 5.91 Å². The molecule has 2 amide bonds. The summed E-state index contributed by atoms with van der Waals surface area (Å²) >= 11 is 0. The molecular weight excluding hydrogens is 420 g/mol. The smallest absolute Gasteiger partial charge is 0.356 e. The Bertz CT molecular complexity index is 1230. The molecule has 170 valence electrons. The predicted molar refractivity (Wildman–Crippen MR) is 122 cm³/mol. The number of carboxylic acid groups (broad SMARTS) is 1. The molecule has 4 rings (SSSR count). The van der Waals surface area contributed by atoms with Crippen LogP contribution in [0.2, 0.25) is 0 Å². The van der Waals surface area contributed by atoms with Crippen molar-refractivity contribution in [1.29, 1.82) is 0 Å². The first-order valence-electron chi connectivity index (χ1n) is 10.7. The lowest BCUT2D eigenvalue weighted by atomic mass is 9.93. The third kappa shape index (κ3) is 4.11. The van der Waals surface area contributed by atoms with Crippen LogP contribution in [0.15, 0.2) is 54.6 Å². The molecular formula is C25H26N4O4. The van der Waals surface area contributed by atoms with E-state index in [0.717, 1.165) is 22.3 Å². The molecule has 1 atom stereocenters. The number of carbonyl (C=O) groups is 3. The third-order valence-electron chi connectivity index (χ3n) is 6.35. The van der Waals surface area contributed by atoms with Crippen LogP contribution in [0.1, 0.15) is 50.2 Å². The number of benzene rings is 2. The summed E-state index contributed by atoms with van der Waals surface area (Å²) in [6, 6.07) is 16.6. The third-order valence-corrected chi connectivity index (χ3v) is 6.35. The Labute approximate surface area is 191 Å². The number of hydrogen-bond acceptors (Lipinski definition) is 4. The van der Waals surface area contributed by atoms with Crippen LogP contribution in [0.25, 0.3) is 0 Å². The van der Waals surface area contributed by atoms with Gasteiger partial charge in [-0.1, -0.05) is 48.5 Å². The largest absolute Gasteiger partial charge is 0.476 e. The molecule has 0 spiro atoms. The molecule has 8 nitrogen and oxygen atoms in total. The Morgan fingerprint density at radius 1 is 1.12 bits per heavy atom. The zero-order valence-corrected chi connectivity index (χ0v) is 18.8. The molecule has 0 aliphatic carbocycles. The van der Waals surface area contributed by atoms with Gasteiger partial charge in [0.05, 0.1) is 6.54 Å². The Morgan fingerprint density at radius 3 is 2.55 bits per heavy atom. The maximum Gasteiger partial charge on any atom is 0.356 e. The van der Waals surface area contributed by atoms with Crippen LogP contribution < -0.4 is 5.32 Å². The van der Waals surface area contributed by atoms with Crippen molar-refractivity contribution in [1.82, 2.24) is 20.0 Å². The first-order chi connectivity index (χ1) is 15.7. The van der Waals surface area contributed by atoms with Crippen molar-refractivity contribution in [3.8, 4) is 0 Å². The predicted octanol–water partition coefficient (Wildman–Crippen LogP) is 2.93. The lowest BCUT2D eigenvalue weighted by molar-refractivity contribution is -0.133. The molecule has 8 heteroatoms. The van der Waals surface area contributed by atoms with Gasteiger partial charge in [0.2, 0.25) is 5.91 Å². The van der Waals surface area contributed by atoms with Crippen molar-refractivity contribution >= 4 is 17.8 Å². The van der Waals surface area contributed by atoms with Gasteiger partial charge in [-0.3, -0.25) is 14.3 Å². The summed E-state index contributed by atoms with van der Waals surface area (Å²) in [5, 5.41) is 16.4. The van der Waals surface area contributed by atoms with Crippen molar-refractivity contribution in [3.63, 3.8) is 0 Å². The zero-order valence-electron chi connectivity index (χ0n) is 18.8. The molecule has 33 heavy (non-hydrogen) atoms. The number of nitrogens with one attached hydrogen (secondary N) is 1. The van der Waals surface area contributed by atoms with E-state index >= 15 is 0 Å². The highest BCUT2D eigenvalue weighted by Crippen LogP contribution is 2.30. The normalized spacial score (nSPS) is 17.5. The van der Waals surface area contributed by atoms with E-state index in [1.54, 1.807) is 6.92 Å². The van der Waals surface area contributed by atoms with Crippen molar-refractivity contribution in [2.75, 3.05) is 0 Å². The number of rotatable bonds is 6. The average Bonchev–Trinajstić information content (AvgIpc) is 3.22. The number of amides is 2. The topological polar surface area (TPSA) is 105 Å². The molecule has 1 unspecified atom stereocenters. The van der Waals surface area contributed by atoms with Gasteiger partial charge < -0.3 is 15.3 Å². The fourth-order valence-corrected chi connectivity index (χ4v) is 4.12. The van der Waals surface area contributed by atoms with Gasteiger partial charge in [-0.25, -0.2) is 4.79 Å². The Balaban J connectivity index is 1.71. The van der Waals surface area contributed by atoms with Gasteiger partial charge in [0.1, 0.15) is 11.2 Å². The maximum atomic E-state index is 13.5. The van der Waals surface area contributed by atoms with E-state index in [0.29, 0.717) is 6.54 Å². The van der Waals surface area contributed by atoms with Gasteiger partial charge in [-0.15, -0.1) is 0 Å². The Hall–Kier alpha value is -3.94.